The van der Waals surface area contributed by atoms with Gasteiger partial charge in [0.15, 0.2) is 0 Å². The van der Waals surface area contributed by atoms with Gasteiger partial charge in [0, 0.05) is 29.4 Å². The highest BCUT2D eigenvalue weighted by atomic mass is 32.1. The molecule has 25 heavy (non-hydrogen) atoms. The molecular weight excluding hydrogens is 332 g/mol. The van der Waals surface area contributed by atoms with E-state index in [1.165, 1.54) is 15.3 Å². The van der Waals surface area contributed by atoms with Crippen molar-refractivity contribution in [2.45, 2.75) is 52.1 Å². The zero-order valence-corrected chi connectivity index (χ0v) is 15.3. The third-order valence-corrected chi connectivity index (χ3v) is 6.08. The van der Waals surface area contributed by atoms with E-state index in [0.717, 1.165) is 43.4 Å². The molecule has 0 amide bonds. The predicted molar refractivity (Wildman–Crippen MR) is 100 cm³/mol. The second-order valence-corrected chi connectivity index (χ2v) is 7.63. The molecule has 0 bridgehead atoms. The third kappa shape index (κ3) is 3.18. The SMILES string of the molecule is CCc1ccc(-c2nn(CCn3ccnc3)c(=O)c3c2CCCC3)s1. The van der Waals surface area contributed by atoms with Crippen molar-refractivity contribution in [3.05, 3.63) is 57.2 Å². The number of hydrogen-bond donors (Lipinski definition) is 0. The molecule has 0 saturated carbocycles. The molecule has 130 valence electrons. The lowest BCUT2D eigenvalue weighted by atomic mass is 9.91. The number of thiophene rings is 1. The van der Waals surface area contributed by atoms with Crippen LogP contribution in [-0.2, 0) is 32.4 Å². The van der Waals surface area contributed by atoms with E-state index < -0.39 is 0 Å². The van der Waals surface area contributed by atoms with E-state index in [1.807, 2.05) is 10.8 Å². The van der Waals surface area contributed by atoms with Crippen molar-refractivity contribution in [3.8, 4) is 10.6 Å². The Labute approximate surface area is 151 Å². The van der Waals surface area contributed by atoms with E-state index in [1.54, 1.807) is 28.5 Å². The van der Waals surface area contributed by atoms with Crippen LogP contribution in [0.1, 0.15) is 35.8 Å². The molecule has 0 atom stereocenters. The Morgan fingerprint density at radius 3 is 2.72 bits per heavy atom. The molecule has 4 rings (SSSR count). The fourth-order valence-electron chi connectivity index (χ4n) is 3.46. The van der Waals surface area contributed by atoms with E-state index in [0.29, 0.717) is 13.1 Å². The van der Waals surface area contributed by atoms with Crippen LogP contribution in [0, 0.1) is 0 Å². The molecule has 0 unspecified atom stereocenters. The average molecular weight is 354 g/mol. The summed E-state index contributed by atoms with van der Waals surface area (Å²) in [4.78, 5) is 19.5. The van der Waals surface area contributed by atoms with E-state index in [2.05, 4.69) is 24.0 Å². The van der Waals surface area contributed by atoms with Crippen molar-refractivity contribution in [2.75, 3.05) is 0 Å². The fraction of sp³-hybridized carbons (Fsp3) is 0.421. The normalized spacial score (nSPS) is 13.8. The number of fused-ring (bicyclic) bond motifs is 1. The van der Waals surface area contributed by atoms with Gasteiger partial charge < -0.3 is 4.57 Å². The molecule has 1 aliphatic rings. The Balaban J connectivity index is 1.76. The van der Waals surface area contributed by atoms with Crippen molar-refractivity contribution >= 4 is 11.3 Å². The first kappa shape index (κ1) is 16.3. The number of aromatic nitrogens is 4. The summed E-state index contributed by atoms with van der Waals surface area (Å²) in [6.45, 7) is 3.45. The Morgan fingerprint density at radius 1 is 1.16 bits per heavy atom. The summed E-state index contributed by atoms with van der Waals surface area (Å²) < 4.78 is 3.64. The minimum atomic E-state index is 0.0887. The minimum absolute atomic E-state index is 0.0887. The number of hydrogen-bond acceptors (Lipinski definition) is 4. The average Bonchev–Trinajstić information content (AvgIpc) is 3.33. The molecule has 3 aromatic rings. The summed E-state index contributed by atoms with van der Waals surface area (Å²) in [5.74, 6) is 0. The maximum Gasteiger partial charge on any atom is 0.270 e. The van der Waals surface area contributed by atoms with Gasteiger partial charge >= 0.3 is 0 Å². The van der Waals surface area contributed by atoms with Crippen molar-refractivity contribution < 1.29 is 0 Å². The Morgan fingerprint density at radius 2 is 2.00 bits per heavy atom. The molecule has 0 aromatic carbocycles. The quantitative estimate of drug-likeness (QED) is 0.706. The highest BCUT2D eigenvalue weighted by Crippen LogP contribution is 2.32. The van der Waals surface area contributed by atoms with Gasteiger partial charge in [-0.25, -0.2) is 9.67 Å². The molecule has 6 heteroatoms. The van der Waals surface area contributed by atoms with Crippen LogP contribution < -0.4 is 5.56 Å². The van der Waals surface area contributed by atoms with Crippen LogP contribution in [0.2, 0.25) is 0 Å². The number of imidazole rings is 1. The molecular formula is C19H22N4OS. The Kier molecular flexibility index (Phi) is 4.53. The first-order valence-corrected chi connectivity index (χ1v) is 9.75. The summed E-state index contributed by atoms with van der Waals surface area (Å²) in [6, 6.07) is 4.34. The molecule has 0 spiro atoms. The van der Waals surface area contributed by atoms with Gasteiger partial charge in [-0.05, 0) is 49.8 Å². The Hall–Kier alpha value is -2.21. The highest BCUT2D eigenvalue weighted by Gasteiger charge is 2.22. The van der Waals surface area contributed by atoms with Crippen molar-refractivity contribution in [1.29, 1.82) is 0 Å². The first-order valence-electron chi connectivity index (χ1n) is 8.94. The van der Waals surface area contributed by atoms with Gasteiger partial charge in [-0.15, -0.1) is 11.3 Å². The molecule has 0 fully saturated rings. The highest BCUT2D eigenvalue weighted by molar-refractivity contribution is 7.15. The first-order chi connectivity index (χ1) is 12.3. The lowest BCUT2D eigenvalue weighted by molar-refractivity contribution is 0.501. The molecule has 0 aliphatic heterocycles. The minimum Gasteiger partial charge on any atom is -0.336 e. The van der Waals surface area contributed by atoms with Crippen LogP contribution in [0.15, 0.2) is 35.6 Å². The van der Waals surface area contributed by atoms with Crippen LogP contribution >= 0.6 is 11.3 Å². The third-order valence-electron chi connectivity index (χ3n) is 4.84. The molecule has 0 saturated heterocycles. The topological polar surface area (TPSA) is 52.7 Å². The second kappa shape index (κ2) is 6.96. The van der Waals surface area contributed by atoms with E-state index in [4.69, 9.17) is 5.10 Å². The summed E-state index contributed by atoms with van der Waals surface area (Å²) in [6.07, 6.45) is 10.6. The van der Waals surface area contributed by atoms with Crippen LogP contribution in [0.25, 0.3) is 10.6 Å². The largest absolute Gasteiger partial charge is 0.336 e. The number of aryl methyl sites for hydroxylation is 3. The van der Waals surface area contributed by atoms with Crippen LogP contribution in [0.5, 0.6) is 0 Å². The van der Waals surface area contributed by atoms with Crippen molar-refractivity contribution in [3.63, 3.8) is 0 Å². The monoisotopic (exact) mass is 354 g/mol. The molecule has 3 aromatic heterocycles. The maximum absolute atomic E-state index is 12.9. The van der Waals surface area contributed by atoms with Gasteiger partial charge in [-0.1, -0.05) is 6.92 Å². The predicted octanol–water partition coefficient (Wildman–Crippen LogP) is 3.31. The van der Waals surface area contributed by atoms with Crippen LogP contribution in [-0.4, -0.2) is 19.3 Å². The number of nitrogens with zero attached hydrogens (tertiary/aromatic N) is 4. The maximum atomic E-state index is 12.9. The molecule has 1 aliphatic carbocycles. The molecule has 0 N–H and O–H groups in total. The zero-order valence-electron chi connectivity index (χ0n) is 14.4. The lowest BCUT2D eigenvalue weighted by Gasteiger charge is -2.19. The summed E-state index contributed by atoms with van der Waals surface area (Å²) in [5, 5.41) is 4.78. The zero-order chi connectivity index (χ0) is 17.2. The smallest absolute Gasteiger partial charge is 0.270 e. The van der Waals surface area contributed by atoms with Crippen molar-refractivity contribution in [2.24, 2.45) is 0 Å². The van der Waals surface area contributed by atoms with Gasteiger partial charge in [-0.3, -0.25) is 4.79 Å². The van der Waals surface area contributed by atoms with Gasteiger partial charge in [0.25, 0.3) is 5.56 Å². The second-order valence-electron chi connectivity index (χ2n) is 6.46. The van der Waals surface area contributed by atoms with Crippen molar-refractivity contribution in [1.82, 2.24) is 19.3 Å². The lowest BCUT2D eigenvalue weighted by Crippen LogP contribution is -2.31. The van der Waals surface area contributed by atoms with Gasteiger partial charge in [-0.2, -0.15) is 5.10 Å². The van der Waals surface area contributed by atoms with Gasteiger partial charge in [0.2, 0.25) is 0 Å². The fourth-order valence-corrected chi connectivity index (χ4v) is 4.42. The summed E-state index contributed by atoms with van der Waals surface area (Å²) in [5.41, 5.74) is 3.27. The van der Waals surface area contributed by atoms with E-state index in [-0.39, 0.29) is 5.56 Å². The van der Waals surface area contributed by atoms with Crippen LogP contribution in [0.3, 0.4) is 0 Å². The molecule has 5 nitrogen and oxygen atoms in total. The van der Waals surface area contributed by atoms with Gasteiger partial charge in [0.1, 0.15) is 5.69 Å². The number of rotatable bonds is 5. The summed E-state index contributed by atoms with van der Waals surface area (Å²) in [7, 11) is 0. The van der Waals surface area contributed by atoms with Crippen LogP contribution in [0.4, 0.5) is 0 Å². The molecule has 3 heterocycles. The van der Waals surface area contributed by atoms with Gasteiger partial charge in [0.05, 0.1) is 17.7 Å². The van der Waals surface area contributed by atoms with E-state index >= 15 is 0 Å². The van der Waals surface area contributed by atoms with E-state index in [9.17, 15) is 4.79 Å². The Bertz CT molecular complexity index is 924. The molecule has 0 radical (unpaired) electrons. The summed E-state index contributed by atoms with van der Waals surface area (Å²) >= 11 is 1.80. The standard InChI is InChI=1S/C19H22N4OS/c1-2-14-7-8-17(25-14)18-15-5-3-4-6-16(15)19(24)23(21-18)12-11-22-10-9-20-13-22/h7-10,13H,2-6,11-12H2,1H3.